The van der Waals surface area contributed by atoms with Crippen molar-refractivity contribution in [2.45, 2.75) is 13.8 Å². The van der Waals surface area contributed by atoms with Gasteiger partial charge in [-0.25, -0.2) is 5.84 Å². The number of aryl methyl sites for hydroxylation is 1. The standard InChI is InChI=1S/C10H14N2/c1-3-7-12(11)10-6-4-5-9(2)8-10/h3-8H,11H2,1-2H3/b7-3-. The van der Waals surface area contributed by atoms with Gasteiger partial charge in [-0.3, -0.25) is 5.01 Å². The van der Waals surface area contributed by atoms with Gasteiger partial charge in [-0.15, -0.1) is 0 Å². The number of nitrogens with two attached hydrogens (primary N) is 1. The van der Waals surface area contributed by atoms with Crippen LogP contribution < -0.4 is 10.9 Å². The van der Waals surface area contributed by atoms with E-state index in [1.54, 1.807) is 5.01 Å². The normalized spacial score (nSPS) is 10.6. The summed E-state index contributed by atoms with van der Waals surface area (Å²) in [4.78, 5) is 0. The zero-order chi connectivity index (χ0) is 8.97. The number of benzene rings is 1. The Labute approximate surface area is 73.3 Å². The number of hydrazine groups is 1. The predicted molar refractivity (Wildman–Crippen MR) is 52.7 cm³/mol. The molecular formula is C10H14N2. The summed E-state index contributed by atoms with van der Waals surface area (Å²) < 4.78 is 0. The van der Waals surface area contributed by atoms with Crippen molar-refractivity contribution in [3.05, 3.63) is 42.1 Å². The monoisotopic (exact) mass is 162 g/mol. The lowest BCUT2D eigenvalue weighted by atomic mass is 10.2. The van der Waals surface area contributed by atoms with E-state index in [1.165, 1.54) is 5.56 Å². The summed E-state index contributed by atoms with van der Waals surface area (Å²) in [5.74, 6) is 5.72. The minimum Gasteiger partial charge on any atom is -0.287 e. The molecule has 64 valence electrons. The molecule has 0 amide bonds. The minimum atomic E-state index is 1.01. The Bertz CT molecular complexity index is 279. The molecule has 0 atom stereocenters. The highest BCUT2D eigenvalue weighted by Crippen LogP contribution is 2.12. The van der Waals surface area contributed by atoms with Crippen LogP contribution in [0.5, 0.6) is 0 Å². The molecule has 0 saturated heterocycles. The smallest absolute Gasteiger partial charge is 0.0570 e. The van der Waals surface area contributed by atoms with Crippen LogP contribution in [0.25, 0.3) is 0 Å². The van der Waals surface area contributed by atoms with E-state index >= 15 is 0 Å². The summed E-state index contributed by atoms with van der Waals surface area (Å²) in [7, 11) is 0. The lowest BCUT2D eigenvalue weighted by molar-refractivity contribution is 1.07. The Balaban J connectivity index is 2.87. The van der Waals surface area contributed by atoms with E-state index in [0.29, 0.717) is 0 Å². The highest BCUT2D eigenvalue weighted by molar-refractivity contribution is 5.49. The topological polar surface area (TPSA) is 29.3 Å². The van der Waals surface area contributed by atoms with Gasteiger partial charge in [0.1, 0.15) is 0 Å². The molecule has 0 fully saturated rings. The average molecular weight is 162 g/mol. The second-order valence-corrected chi connectivity index (χ2v) is 2.73. The first-order valence-corrected chi connectivity index (χ1v) is 3.97. The van der Waals surface area contributed by atoms with E-state index < -0.39 is 0 Å². The van der Waals surface area contributed by atoms with Gasteiger partial charge < -0.3 is 0 Å². The maximum atomic E-state index is 5.72. The molecule has 0 radical (unpaired) electrons. The number of nitrogens with zero attached hydrogens (tertiary/aromatic N) is 1. The Morgan fingerprint density at radius 1 is 1.42 bits per heavy atom. The molecule has 1 aromatic rings. The maximum absolute atomic E-state index is 5.72. The summed E-state index contributed by atoms with van der Waals surface area (Å²) in [5, 5.41) is 1.60. The van der Waals surface area contributed by atoms with Gasteiger partial charge in [0, 0.05) is 6.20 Å². The summed E-state index contributed by atoms with van der Waals surface area (Å²) in [6.45, 7) is 3.99. The molecular weight excluding hydrogens is 148 g/mol. The zero-order valence-electron chi connectivity index (χ0n) is 7.49. The fourth-order valence-electron chi connectivity index (χ4n) is 1.04. The van der Waals surface area contributed by atoms with Crippen LogP contribution in [0.2, 0.25) is 0 Å². The lowest BCUT2D eigenvalue weighted by Crippen LogP contribution is -2.23. The molecule has 0 unspecified atom stereocenters. The number of hydrogen-bond acceptors (Lipinski definition) is 2. The molecule has 1 aromatic carbocycles. The van der Waals surface area contributed by atoms with Crippen molar-refractivity contribution in [1.82, 2.24) is 0 Å². The van der Waals surface area contributed by atoms with E-state index in [9.17, 15) is 0 Å². The molecule has 12 heavy (non-hydrogen) atoms. The molecule has 0 aliphatic heterocycles. The van der Waals surface area contributed by atoms with E-state index in [4.69, 9.17) is 5.84 Å². The summed E-state index contributed by atoms with van der Waals surface area (Å²) in [6, 6.07) is 8.06. The van der Waals surface area contributed by atoms with Crippen molar-refractivity contribution in [3.8, 4) is 0 Å². The van der Waals surface area contributed by atoms with Crippen LogP contribution in [0.4, 0.5) is 5.69 Å². The van der Waals surface area contributed by atoms with Crippen LogP contribution in [0, 0.1) is 6.92 Å². The van der Waals surface area contributed by atoms with Crippen molar-refractivity contribution < 1.29 is 0 Å². The van der Waals surface area contributed by atoms with Crippen LogP contribution >= 0.6 is 0 Å². The fourth-order valence-corrected chi connectivity index (χ4v) is 1.04. The molecule has 2 nitrogen and oxygen atoms in total. The van der Waals surface area contributed by atoms with Gasteiger partial charge in [-0.2, -0.15) is 0 Å². The van der Waals surface area contributed by atoms with Gasteiger partial charge in [-0.05, 0) is 31.5 Å². The number of anilines is 1. The van der Waals surface area contributed by atoms with Crippen molar-refractivity contribution >= 4 is 5.69 Å². The molecule has 0 heterocycles. The second-order valence-electron chi connectivity index (χ2n) is 2.73. The van der Waals surface area contributed by atoms with E-state index in [-0.39, 0.29) is 0 Å². The molecule has 1 rings (SSSR count). The third-order valence-corrected chi connectivity index (χ3v) is 1.61. The van der Waals surface area contributed by atoms with Crippen molar-refractivity contribution in [2.24, 2.45) is 5.84 Å². The first-order chi connectivity index (χ1) is 5.74. The molecule has 0 saturated carbocycles. The Kier molecular flexibility index (Phi) is 2.88. The van der Waals surface area contributed by atoms with Crippen molar-refractivity contribution in [1.29, 1.82) is 0 Å². The van der Waals surface area contributed by atoms with Crippen LogP contribution in [-0.4, -0.2) is 0 Å². The van der Waals surface area contributed by atoms with Gasteiger partial charge in [0.05, 0.1) is 5.69 Å². The Morgan fingerprint density at radius 3 is 2.75 bits per heavy atom. The van der Waals surface area contributed by atoms with Crippen LogP contribution in [-0.2, 0) is 0 Å². The van der Waals surface area contributed by atoms with Crippen molar-refractivity contribution in [2.75, 3.05) is 5.01 Å². The summed E-state index contributed by atoms with van der Waals surface area (Å²) in [5.41, 5.74) is 2.22. The van der Waals surface area contributed by atoms with Gasteiger partial charge in [0.2, 0.25) is 0 Å². The quantitative estimate of drug-likeness (QED) is 0.533. The number of hydrogen-bond donors (Lipinski definition) is 1. The highest BCUT2D eigenvalue weighted by atomic mass is 15.4. The predicted octanol–water partition coefficient (Wildman–Crippen LogP) is 2.21. The third-order valence-electron chi connectivity index (χ3n) is 1.61. The van der Waals surface area contributed by atoms with Gasteiger partial charge in [0.15, 0.2) is 0 Å². The third kappa shape index (κ3) is 2.10. The van der Waals surface area contributed by atoms with Crippen LogP contribution in [0.1, 0.15) is 12.5 Å². The summed E-state index contributed by atoms with van der Waals surface area (Å²) >= 11 is 0. The van der Waals surface area contributed by atoms with E-state index in [1.807, 2.05) is 50.4 Å². The molecule has 0 spiro atoms. The van der Waals surface area contributed by atoms with Gasteiger partial charge in [-0.1, -0.05) is 18.2 Å². The molecule has 2 heteroatoms. The largest absolute Gasteiger partial charge is 0.287 e. The Hall–Kier alpha value is -1.28. The maximum Gasteiger partial charge on any atom is 0.0570 e. The summed E-state index contributed by atoms with van der Waals surface area (Å²) in [6.07, 6.45) is 3.73. The number of allylic oxidation sites excluding steroid dienone is 1. The van der Waals surface area contributed by atoms with Gasteiger partial charge >= 0.3 is 0 Å². The van der Waals surface area contributed by atoms with E-state index in [0.717, 1.165) is 5.69 Å². The first kappa shape index (κ1) is 8.81. The lowest BCUT2D eigenvalue weighted by Gasteiger charge is -2.13. The molecule has 0 aliphatic carbocycles. The molecule has 0 bridgehead atoms. The molecule has 2 N–H and O–H groups in total. The molecule has 0 aromatic heterocycles. The average Bonchev–Trinajstić information content (AvgIpc) is 2.05. The molecule has 0 aliphatic rings. The highest BCUT2D eigenvalue weighted by Gasteiger charge is 1.95. The zero-order valence-corrected chi connectivity index (χ0v) is 7.49. The van der Waals surface area contributed by atoms with Gasteiger partial charge in [0.25, 0.3) is 0 Å². The van der Waals surface area contributed by atoms with Crippen LogP contribution in [0.15, 0.2) is 36.5 Å². The second kappa shape index (κ2) is 3.93. The number of rotatable bonds is 2. The van der Waals surface area contributed by atoms with Crippen molar-refractivity contribution in [3.63, 3.8) is 0 Å². The van der Waals surface area contributed by atoms with E-state index in [2.05, 4.69) is 0 Å². The Morgan fingerprint density at radius 2 is 2.17 bits per heavy atom. The fraction of sp³-hybridized carbons (Fsp3) is 0.200. The first-order valence-electron chi connectivity index (χ1n) is 3.97. The SMILES string of the molecule is C/C=C\N(N)c1cccc(C)c1. The minimum absolute atomic E-state index is 1.01. The van der Waals surface area contributed by atoms with Crippen LogP contribution in [0.3, 0.4) is 0 Å².